The van der Waals surface area contributed by atoms with Gasteiger partial charge < -0.3 is 10.4 Å². The summed E-state index contributed by atoms with van der Waals surface area (Å²) in [5.74, 6) is 0.372. The van der Waals surface area contributed by atoms with Crippen LogP contribution in [0.25, 0.3) is 10.2 Å². The molecule has 6 heteroatoms. The van der Waals surface area contributed by atoms with E-state index in [0.717, 1.165) is 22.6 Å². The van der Waals surface area contributed by atoms with Gasteiger partial charge in [0.2, 0.25) is 0 Å². The minimum absolute atomic E-state index is 0.209. The highest BCUT2D eigenvalue weighted by molar-refractivity contribution is 7.16. The quantitative estimate of drug-likeness (QED) is 0.839. The van der Waals surface area contributed by atoms with Crippen LogP contribution in [-0.4, -0.2) is 27.6 Å². The normalized spacial score (nSPS) is 12.5. The zero-order valence-electron chi connectivity index (χ0n) is 10.1. The number of aliphatic carboxylic acids is 1. The molecule has 18 heavy (non-hydrogen) atoms. The molecular weight excluding hydrogens is 250 g/mol. The van der Waals surface area contributed by atoms with Gasteiger partial charge in [-0.05, 0) is 23.8 Å². The number of hydrogen-bond acceptors (Lipinski definition) is 5. The monoisotopic (exact) mass is 265 g/mol. The SMILES string of the molecule is CC(CCC(=O)O)CNc1ncnc2sccc12. The van der Waals surface area contributed by atoms with E-state index < -0.39 is 5.97 Å². The number of thiophene rings is 1. The maximum absolute atomic E-state index is 10.5. The smallest absolute Gasteiger partial charge is 0.303 e. The number of nitrogens with one attached hydrogen (secondary N) is 1. The summed E-state index contributed by atoms with van der Waals surface area (Å²) in [5.41, 5.74) is 0. The first-order chi connectivity index (χ1) is 8.66. The average Bonchev–Trinajstić information content (AvgIpc) is 2.82. The van der Waals surface area contributed by atoms with Crippen molar-refractivity contribution < 1.29 is 9.90 Å². The Morgan fingerprint density at radius 3 is 3.17 bits per heavy atom. The van der Waals surface area contributed by atoms with Crippen molar-refractivity contribution in [1.82, 2.24) is 9.97 Å². The first-order valence-corrected chi connectivity index (χ1v) is 6.68. The molecule has 0 aliphatic heterocycles. The number of anilines is 1. The fourth-order valence-electron chi connectivity index (χ4n) is 1.67. The van der Waals surface area contributed by atoms with Crippen LogP contribution in [0.3, 0.4) is 0 Å². The summed E-state index contributed by atoms with van der Waals surface area (Å²) < 4.78 is 0. The molecule has 0 fully saturated rings. The molecule has 0 aromatic carbocycles. The largest absolute Gasteiger partial charge is 0.481 e. The molecule has 2 aromatic heterocycles. The van der Waals surface area contributed by atoms with Crippen molar-refractivity contribution >= 4 is 33.3 Å². The van der Waals surface area contributed by atoms with Gasteiger partial charge in [0.25, 0.3) is 0 Å². The van der Waals surface area contributed by atoms with Crippen LogP contribution in [0.4, 0.5) is 5.82 Å². The molecular formula is C12H15N3O2S. The van der Waals surface area contributed by atoms with E-state index in [9.17, 15) is 4.79 Å². The second kappa shape index (κ2) is 5.77. The molecule has 0 aliphatic carbocycles. The van der Waals surface area contributed by atoms with Gasteiger partial charge in [-0.2, -0.15) is 0 Å². The van der Waals surface area contributed by atoms with Crippen LogP contribution in [-0.2, 0) is 4.79 Å². The number of carboxylic acids is 1. The Bertz CT molecular complexity index is 541. The highest BCUT2D eigenvalue weighted by atomic mass is 32.1. The Labute approximate surface area is 109 Å². The van der Waals surface area contributed by atoms with E-state index in [0.29, 0.717) is 12.3 Å². The summed E-state index contributed by atoms with van der Waals surface area (Å²) in [6, 6.07) is 1.99. The highest BCUT2D eigenvalue weighted by Crippen LogP contribution is 2.23. The van der Waals surface area contributed by atoms with E-state index in [1.807, 2.05) is 18.4 Å². The zero-order chi connectivity index (χ0) is 13.0. The predicted molar refractivity (Wildman–Crippen MR) is 71.9 cm³/mol. The van der Waals surface area contributed by atoms with Crippen LogP contribution in [0.2, 0.25) is 0 Å². The van der Waals surface area contributed by atoms with Crippen LogP contribution in [0, 0.1) is 5.92 Å². The molecule has 0 saturated heterocycles. The van der Waals surface area contributed by atoms with Crippen molar-refractivity contribution in [3.63, 3.8) is 0 Å². The van der Waals surface area contributed by atoms with Crippen molar-refractivity contribution in [2.24, 2.45) is 5.92 Å². The summed E-state index contributed by atoms with van der Waals surface area (Å²) in [6.45, 7) is 2.75. The number of carboxylic acid groups (broad SMARTS) is 1. The van der Waals surface area contributed by atoms with Crippen molar-refractivity contribution in [3.8, 4) is 0 Å². The van der Waals surface area contributed by atoms with Crippen LogP contribution < -0.4 is 5.32 Å². The van der Waals surface area contributed by atoms with Crippen molar-refractivity contribution in [2.75, 3.05) is 11.9 Å². The summed E-state index contributed by atoms with van der Waals surface area (Å²) in [7, 11) is 0. The number of aromatic nitrogens is 2. The lowest BCUT2D eigenvalue weighted by Crippen LogP contribution is -2.13. The Morgan fingerprint density at radius 1 is 1.56 bits per heavy atom. The molecule has 2 N–H and O–H groups in total. The molecule has 0 bridgehead atoms. The standard InChI is InChI=1S/C12H15N3O2S/c1-8(2-3-10(16)17)6-13-11-9-4-5-18-12(9)15-7-14-11/h4-5,7-8H,2-3,6H2,1H3,(H,16,17)(H,13,14,15). The molecule has 0 spiro atoms. The fraction of sp³-hybridized carbons (Fsp3) is 0.417. The van der Waals surface area contributed by atoms with E-state index in [1.165, 1.54) is 0 Å². The van der Waals surface area contributed by atoms with Crippen LogP contribution in [0.1, 0.15) is 19.8 Å². The zero-order valence-corrected chi connectivity index (χ0v) is 10.9. The third kappa shape index (κ3) is 3.16. The minimum atomic E-state index is -0.746. The van der Waals surface area contributed by atoms with Crippen molar-refractivity contribution in [3.05, 3.63) is 17.8 Å². The molecule has 5 nitrogen and oxygen atoms in total. The van der Waals surface area contributed by atoms with Gasteiger partial charge in [0.1, 0.15) is 17.0 Å². The van der Waals surface area contributed by atoms with Crippen LogP contribution in [0.5, 0.6) is 0 Å². The molecule has 1 atom stereocenters. The number of rotatable bonds is 6. The van der Waals surface area contributed by atoms with Crippen molar-refractivity contribution in [1.29, 1.82) is 0 Å². The first-order valence-electron chi connectivity index (χ1n) is 5.80. The second-order valence-electron chi connectivity index (χ2n) is 4.28. The van der Waals surface area contributed by atoms with E-state index in [-0.39, 0.29) is 6.42 Å². The number of fused-ring (bicyclic) bond motifs is 1. The Hall–Kier alpha value is -1.69. The molecule has 0 radical (unpaired) electrons. The molecule has 0 aliphatic rings. The maximum Gasteiger partial charge on any atom is 0.303 e. The molecule has 0 saturated carbocycles. The number of hydrogen-bond donors (Lipinski definition) is 2. The van der Waals surface area contributed by atoms with Gasteiger partial charge >= 0.3 is 5.97 Å². The van der Waals surface area contributed by atoms with Gasteiger partial charge in [0.05, 0.1) is 5.39 Å². The maximum atomic E-state index is 10.5. The van der Waals surface area contributed by atoms with Gasteiger partial charge in [-0.25, -0.2) is 9.97 Å². The molecule has 2 rings (SSSR count). The summed E-state index contributed by atoms with van der Waals surface area (Å²) in [5, 5.41) is 14.9. The Morgan fingerprint density at radius 2 is 2.39 bits per heavy atom. The summed E-state index contributed by atoms with van der Waals surface area (Å²) in [6.07, 6.45) is 2.42. The lowest BCUT2D eigenvalue weighted by molar-refractivity contribution is -0.137. The third-order valence-electron chi connectivity index (χ3n) is 2.73. The molecule has 2 heterocycles. The van der Waals surface area contributed by atoms with E-state index in [2.05, 4.69) is 15.3 Å². The Kier molecular flexibility index (Phi) is 4.09. The number of carbonyl (C=O) groups is 1. The van der Waals surface area contributed by atoms with Gasteiger partial charge in [0, 0.05) is 13.0 Å². The second-order valence-corrected chi connectivity index (χ2v) is 5.17. The third-order valence-corrected chi connectivity index (χ3v) is 3.55. The van der Waals surface area contributed by atoms with E-state index in [4.69, 9.17) is 5.11 Å². The lowest BCUT2D eigenvalue weighted by Gasteiger charge is -2.12. The molecule has 96 valence electrons. The molecule has 2 aromatic rings. The van der Waals surface area contributed by atoms with Crippen molar-refractivity contribution in [2.45, 2.75) is 19.8 Å². The van der Waals surface area contributed by atoms with Gasteiger partial charge in [-0.3, -0.25) is 4.79 Å². The topological polar surface area (TPSA) is 75.1 Å². The van der Waals surface area contributed by atoms with Gasteiger partial charge in [-0.15, -0.1) is 11.3 Å². The van der Waals surface area contributed by atoms with E-state index >= 15 is 0 Å². The van der Waals surface area contributed by atoms with Crippen LogP contribution in [0.15, 0.2) is 17.8 Å². The summed E-state index contributed by atoms with van der Waals surface area (Å²) >= 11 is 1.58. The van der Waals surface area contributed by atoms with E-state index in [1.54, 1.807) is 17.7 Å². The average molecular weight is 265 g/mol. The Balaban J connectivity index is 1.93. The van der Waals surface area contributed by atoms with Crippen LogP contribution >= 0.6 is 11.3 Å². The molecule has 0 amide bonds. The van der Waals surface area contributed by atoms with Gasteiger partial charge in [0.15, 0.2) is 0 Å². The fourth-order valence-corrected chi connectivity index (χ4v) is 2.41. The predicted octanol–water partition coefficient (Wildman–Crippen LogP) is 2.60. The molecule has 1 unspecified atom stereocenters. The number of nitrogens with zero attached hydrogens (tertiary/aromatic N) is 2. The highest BCUT2D eigenvalue weighted by Gasteiger charge is 2.08. The minimum Gasteiger partial charge on any atom is -0.481 e. The summed E-state index contributed by atoms with van der Waals surface area (Å²) in [4.78, 5) is 19.8. The lowest BCUT2D eigenvalue weighted by atomic mass is 10.1. The first kappa shape index (κ1) is 12.8. The van der Waals surface area contributed by atoms with Gasteiger partial charge in [-0.1, -0.05) is 6.92 Å².